The fourth-order valence-corrected chi connectivity index (χ4v) is 3.68. The normalized spacial score (nSPS) is 34.6. The summed E-state index contributed by atoms with van der Waals surface area (Å²) in [4.78, 5) is 14.6. The molecule has 1 aliphatic carbocycles. The second-order valence-electron chi connectivity index (χ2n) is 6.45. The molecule has 0 radical (unpaired) electrons. The average Bonchev–Trinajstić information content (AvgIpc) is 2.37. The number of nitrogens with zero attached hydrogens (tertiary/aromatic N) is 1. The Morgan fingerprint density at radius 1 is 1.22 bits per heavy atom. The van der Waals surface area contributed by atoms with E-state index in [0.29, 0.717) is 11.8 Å². The third kappa shape index (κ3) is 3.25. The summed E-state index contributed by atoms with van der Waals surface area (Å²) in [6.45, 7) is 6.42. The molecule has 0 aromatic carbocycles. The van der Waals surface area contributed by atoms with Gasteiger partial charge in [0.15, 0.2) is 0 Å². The molecule has 2 fully saturated rings. The Bertz CT molecular complexity index is 274. The highest BCUT2D eigenvalue weighted by Crippen LogP contribution is 2.31. The Balaban J connectivity index is 1.87. The molecule has 1 amide bonds. The lowest BCUT2D eigenvalue weighted by Gasteiger charge is -2.37. The highest BCUT2D eigenvalue weighted by atomic mass is 16.2. The number of likely N-dealkylation sites (tertiary alicyclic amines) is 1. The third-order valence-corrected chi connectivity index (χ3v) is 4.83. The smallest absolute Gasteiger partial charge is 0.225 e. The Labute approximate surface area is 111 Å². The SMILES string of the molecule is CCC1CCN(C(=O)C2CC(C)CC(N)C2)CC1. The Kier molecular flexibility index (Phi) is 4.66. The van der Waals surface area contributed by atoms with E-state index in [1.807, 2.05) is 0 Å². The molecule has 3 unspecified atom stereocenters. The molecular formula is C15H28N2O. The molecule has 0 bridgehead atoms. The van der Waals surface area contributed by atoms with Crippen LogP contribution in [-0.2, 0) is 4.79 Å². The number of carbonyl (C=O) groups excluding carboxylic acids is 1. The van der Waals surface area contributed by atoms with Crippen LogP contribution in [0.2, 0.25) is 0 Å². The molecule has 3 atom stereocenters. The van der Waals surface area contributed by atoms with Crippen molar-refractivity contribution in [2.45, 2.75) is 58.4 Å². The van der Waals surface area contributed by atoms with Crippen molar-refractivity contribution in [3.05, 3.63) is 0 Å². The summed E-state index contributed by atoms with van der Waals surface area (Å²) in [5.74, 6) is 2.02. The van der Waals surface area contributed by atoms with E-state index in [1.165, 1.54) is 19.3 Å². The maximum Gasteiger partial charge on any atom is 0.225 e. The Hall–Kier alpha value is -0.570. The molecule has 1 aliphatic heterocycles. The molecule has 1 heterocycles. The molecule has 104 valence electrons. The van der Waals surface area contributed by atoms with E-state index < -0.39 is 0 Å². The quantitative estimate of drug-likeness (QED) is 0.820. The van der Waals surface area contributed by atoms with E-state index in [4.69, 9.17) is 5.73 Å². The van der Waals surface area contributed by atoms with Gasteiger partial charge in [0.2, 0.25) is 5.91 Å². The molecule has 1 saturated heterocycles. The predicted molar refractivity (Wildman–Crippen MR) is 74.1 cm³/mol. The van der Waals surface area contributed by atoms with E-state index in [-0.39, 0.29) is 12.0 Å². The maximum absolute atomic E-state index is 12.5. The van der Waals surface area contributed by atoms with Crippen LogP contribution in [0.25, 0.3) is 0 Å². The van der Waals surface area contributed by atoms with Gasteiger partial charge in [0.1, 0.15) is 0 Å². The second-order valence-corrected chi connectivity index (χ2v) is 6.45. The number of nitrogens with two attached hydrogens (primary N) is 1. The van der Waals surface area contributed by atoms with Crippen molar-refractivity contribution in [2.75, 3.05) is 13.1 Å². The number of hydrogen-bond acceptors (Lipinski definition) is 2. The van der Waals surface area contributed by atoms with Crippen molar-refractivity contribution in [1.29, 1.82) is 0 Å². The lowest BCUT2D eigenvalue weighted by molar-refractivity contribution is -0.138. The van der Waals surface area contributed by atoms with Crippen LogP contribution in [-0.4, -0.2) is 29.9 Å². The van der Waals surface area contributed by atoms with Crippen molar-refractivity contribution in [3.8, 4) is 0 Å². The average molecular weight is 252 g/mol. The number of amides is 1. The molecule has 18 heavy (non-hydrogen) atoms. The molecule has 2 N–H and O–H groups in total. The van der Waals surface area contributed by atoms with Crippen LogP contribution >= 0.6 is 0 Å². The molecule has 0 aromatic rings. The highest BCUT2D eigenvalue weighted by Gasteiger charge is 2.33. The van der Waals surface area contributed by atoms with Crippen LogP contribution < -0.4 is 5.73 Å². The molecule has 0 aromatic heterocycles. The first-order valence-corrected chi connectivity index (χ1v) is 7.64. The summed E-state index contributed by atoms with van der Waals surface area (Å²) in [7, 11) is 0. The zero-order valence-electron chi connectivity index (χ0n) is 11.9. The first-order valence-electron chi connectivity index (χ1n) is 7.64. The van der Waals surface area contributed by atoms with Gasteiger partial charge in [-0.15, -0.1) is 0 Å². The molecule has 0 spiro atoms. The Morgan fingerprint density at radius 3 is 2.44 bits per heavy atom. The minimum atomic E-state index is 0.196. The number of piperidine rings is 1. The van der Waals surface area contributed by atoms with Gasteiger partial charge >= 0.3 is 0 Å². The van der Waals surface area contributed by atoms with Crippen molar-refractivity contribution < 1.29 is 4.79 Å². The van der Waals surface area contributed by atoms with Gasteiger partial charge in [-0.05, 0) is 43.9 Å². The minimum Gasteiger partial charge on any atom is -0.342 e. The summed E-state index contributed by atoms with van der Waals surface area (Å²) < 4.78 is 0. The summed E-state index contributed by atoms with van der Waals surface area (Å²) in [6, 6.07) is 0.232. The third-order valence-electron chi connectivity index (χ3n) is 4.83. The molecule has 2 rings (SSSR count). The fourth-order valence-electron chi connectivity index (χ4n) is 3.68. The summed E-state index contributed by atoms with van der Waals surface area (Å²) in [5.41, 5.74) is 6.06. The monoisotopic (exact) mass is 252 g/mol. The van der Waals surface area contributed by atoms with Crippen molar-refractivity contribution in [1.82, 2.24) is 4.90 Å². The van der Waals surface area contributed by atoms with Gasteiger partial charge in [0.25, 0.3) is 0 Å². The fraction of sp³-hybridized carbons (Fsp3) is 0.933. The first-order chi connectivity index (χ1) is 8.60. The zero-order valence-corrected chi connectivity index (χ0v) is 11.9. The van der Waals surface area contributed by atoms with Crippen LogP contribution in [0.5, 0.6) is 0 Å². The molecule has 1 saturated carbocycles. The van der Waals surface area contributed by atoms with Gasteiger partial charge in [-0.2, -0.15) is 0 Å². The van der Waals surface area contributed by atoms with Gasteiger partial charge < -0.3 is 10.6 Å². The van der Waals surface area contributed by atoms with Gasteiger partial charge in [-0.3, -0.25) is 4.79 Å². The van der Waals surface area contributed by atoms with Crippen LogP contribution in [0.15, 0.2) is 0 Å². The van der Waals surface area contributed by atoms with E-state index >= 15 is 0 Å². The van der Waals surface area contributed by atoms with Crippen molar-refractivity contribution >= 4 is 5.91 Å². The van der Waals surface area contributed by atoms with E-state index in [9.17, 15) is 4.79 Å². The summed E-state index contributed by atoms with van der Waals surface area (Å²) in [6.07, 6.45) is 6.67. The standard InChI is InChI=1S/C15H28N2O/c1-3-12-4-6-17(7-5-12)15(18)13-8-11(2)9-14(16)10-13/h11-14H,3-10,16H2,1-2H3. The van der Waals surface area contributed by atoms with Gasteiger partial charge in [-0.1, -0.05) is 20.3 Å². The lowest BCUT2D eigenvalue weighted by atomic mass is 9.79. The Morgan fingerprint density at radius 2 is 1.89 bits per heavy atom. The van der Waals surface area contributed by atoms with Gasteiger partial charge in [0.05, 0.1) is 0 Å². The number of carbonyl (C=O) groups is 1. The molecule has 3 heteroatoms. The van der Waals surface area contributed by atoms with Gasteiger partial charge in [0, 0.05) is 25.0 Å². The predicted octanol–water partition coefficient (Wildman–Crippen LogP) is 2.40. The topological polar surface area (TPSA) is 46.3 Å². The van der Waals surface area contributed by atoms with Crippen LogP contribution in [0, 0.1) is 17.8 Å². The van der Waals surface area contributed by atoms with E-state index in [2.05, 4.69) is 18.7 Å². The first kappa shape index (κ1) is 13.9. The summed E-state index contributed by atoms with van der Waals surface area (Å²) in [5, 5.41) is 0. The van der Waals surface area contributed by atoms with Crippen LogP contribution in [0.3, 0.4) is 0 Å². The van der Waals surface area contributed by atoms with Crippen molar-refractivity contribution in [2.24, 2.45) is 23.5 Å². The van der Waals surface area contributed by atoms with E-state index in [0.717, 1.165) is 38.3 Å². The van der Waals surface area contributed by atoms with Crippen LogP contribution in [0.4, 0.5) is 0 Å². The van der Waals surface area contributed by atoms with Crippen LogP contribution in [0.1, 0.15) is 52.4 Å². The molecule has 3 nitrogen and oxygen atoms in total. The number of hydrogen-bond donors (Lipinski definition) is 1. The second kappa shape index (κ2) is 6.05. The molecular weight excluding hydrogens is 224 g/mol. The maximum atomic E-state index is 12.5. The minimum absolute atomic E-state index is 0.196. The summed E-state index contributed by atoms with van der Waals surface area (Å²) >= 11 is 0. The largest absolute Gasteiger partial charge is 0.342 e. The van der Waals surface area contributed by atoms with Gasteiger partial charge in [-0.25, -0.2) is 0 Å². The zero-order chi connectivity index (χ0) is 13.1. The number of rotatable bonds is 2. The molecule has 2 aliphatic rings. The lowest BCUT2D eigenvalue weighted by Crippen LogP contribution is -2.45. The van der Waals surface area contributed by atoms with E-state index in [1.54, 1.807) is 0 Å². The highest BCUT2D eigenvalue weighted by molar-refractivity contribution is 5.79. The van der Waals surface area contributed by atoms with Crippen molar-refractivity contribution in [3.63, 3.8) is 0 Å².